The van der Waals surface area contributed by atoms with Crippen molar-refractivity contribution in [2.45, 2.75) is 25.3 Å². The fourth-order valence-corrected chi connectivity index (χ4v) is 3.58. The van der Waals surface area contributed by atoms with Crippen LogP contribution in [0.1, 0.15) is 55.7 Å². The summed E-state index contributed by atoms with van der Waals surface area (Å²) in [7, 11) is 1.56. The number of rotatable bonds is 5. The molecular weight excluding hydrogens is 330 g/mol. The molecule has 1 aromatic carbocycles. The summed E-state index contributed by atoms with van der Waals surface area (Å²) < 4.78 is 6.81. The fraction of sp³-hybridized carbons (Fsp3) is 0.278. The number of nitrogens with zero attached hydrogens (tertiary/aromatic N) is 1. The highest BCUT2D eigenvalue weighted by Gasteiger charge is 2.34. The zero-order valence-corrected chi connectivity index (χ0v) is 13.9. The number of ketones is 1. The van der Waals surface area contributed by atoms with Crippen molar-refractivity contribution in [1.82, 2.24) is 4.57 Å². The van der Waals surface area contributed by atoms with Gasteiger partial charge in [0, 0.05) is 17.8 Å². The first-order valence-corrected chi connectivity index (χ1v) is 8.00. The number of hydrogen-bond donors (Lipinski definition) is 0. The SMILES string of the molecule is COc1ccc(C(=O)C2CCCn3c(C=O)c(Cl)c(C=O)c32)cc1. The van der Waals surface area contributed by atoms with E-state index in [2.05, 4.69) is 0 Å². The minimum atomic E-state index is -0.487. The van der Waals surface area contributed by atoms with E-state index in [1.54, 1.807) is 35.9 Å². The van der Waals surface area contributed by atoms with Crippen molar-refractivity contribution >= 4 is 30.0 Å². The van der Waals surface area contributed by atoms with Crippen LogP contribution in [-0.2, 0) is 6.54 Å². The van der Waals surface area contributed by atoms with Crippen molar-refractivity contribution in [3.05, 3.63) is 51.8 Å². The lowest BCUT2D eigenvalue weighted by molar-refractivity contribution is 0.0941. The Morgan fingerprint density at radius 2 is 1.96 bits per heavy atom. The number of Topliss-reactive ketones (excluding diaryl/α,β-unsaturated/α-hetero) is 1. The number of hydrogen-bond acceptors (Lipinski definition) is 4. The van der Waals surface area contributed by atoms with Crippen LogP contribution in [0.2, 0.25) is 5.02 Å². The van der Waals surface area contributed by atoms with Crippen molar-refractivity contribution in [2.24, 2.45) is 0 Å². The van der Waals surface area contributed by atoms with Crippen LogP contribution in [0.4, 0.5) is 0 Å². The molecule has 124 valence electrons. The first-order chi connectivity index (χ1) is 11.6. The minimum Gasteiger partial charge on any atom is -0.497 e. The second kappa shape index (κ2) is 6.61. The zero-order valence-electron chi connectivity index (χ0n) is 13.1. The van der Waals surface area contributed by atoms with Crippen LogP contribution in [0.25, 0.3) is 0 Å². The molecule has 0 spiro atoms. The molecule has 1 aliphatic heterocycles. The lowest BCUT2D eigenvalue weighted by Gasteiger charge is -2.25. The minimum absolute atomic E-state index is 0.0895. The highest BCUT2D eigenvalue weighted by atomic mass is 35.5. The Morgan fingerprint density at radius 3 is 2.54 bits per heavy atom. The van der Waals surface area contributed by atoms with Gasteiger partial charge in [0.1, 0.15) is 11.4 Å². The van der Waals surface area contributed by atoms with Crippen molar-refractivity contribution in [2.75, 3.05) is 7.11 Å². The first kappa shape index (κ1) is 16.5. The molecule has 5 nitrogen and oxygen atoms in total. The summed E-state index contributed by atoms with van der Waals surface area (Å²) in [5, 5.41) is 0.129. The predicted molar refractivity (Wildman–Crippen MR) is 89.5 cm³/mol. The molecule has 1 unspecified atom stereocenters. The largest absolute Gasteiger partial charge is 0.497 e. The quantitative estimate of drug-likeness (QED) is 0.614. The summed E-state index contributed by atoms with van der Waals surface area (Å²) >= 11 is 6.16. The van der Waals surface area contributed by atoms with Crippen LogP contribution in [0.15, 0.2) is 24.3 Å². The fourth-order valence-electron chi connectivity index (χ4n) is 3.29. The molecule has 24 heavy (non-hydrogen) atoms. The molecule has 0 aliphatic carbocycles. The van der Waals surface area contributed by atoms with Crippen LogP contribution < -0.4 is 4.74 Å². The Balaban J connectivity index is 2.07. The molecule has 2 heterocycles. The van der Waals surface area contributed by atoms with Crippen LogP contribution >= 0.6 is 11.6 Å². The van der Waals surface area contributed by atoms with Gasteiger partial charge in [-0.05, 0) is 37.1 Å². The molecular formula is C18H16ClNO4. The molecule has 0 N–H and O–H groups in total. The molecule has 6 heteroatoms. The maximum Gasteiger partial charge on any atom is 0.171 e. The van der Waals surface area contributed by atoms with E-state index < -0.39 is 5.92 Å². The number of halogens is 1. The highest BCUT2D eigenvalue weighted by Crippen LogP contribution is 2.38. The summed E-state index contributed by atoms with van der Waals surface area (Å²) in [6, 6.07) is 6.84. The zero-order chi connectivity index (χ0) is 17.3. The Bertz CT molecular complexity index is 807. The Morgan fingerprint density at radius 1 is 1.25 bits per heavy atom. The average molecular weight is 346 g/mol. The van der Waals surface area contributed by atoms with Crippen molar-refractivity contribution in [3.63, 3.8) is 0 Å². The topological polar surface area (TPSA) is 65.4 Å². The lowest BCUT2D eigenvalue weighted by Crippen LogP contribution is -2.24. The van der Waals surface area contributed by atoms with E-state index in [-0.39, 0.29) is 22.1 Å². The maximum atomic E-state index is 12.9. The van der Waals surface area contributed by atoms with E-state index in [1.165, 1.54) is 0 Å². The second-order valence-corrected chi connectivity index (χ2v) is 6.05. The third-order valence-electron chi connectivity index (χ3n) is 4.44. The number of carbonyl (C=O) groups is 3. The third kappa shape index (κ3) is 2.55. The van der Waals surface area contributed by atoms with Crippen LogP contribution in [-0.4, -0.2) is 30.0 Å². The number of ether oxygens (including phenoxy) is 1. The van der Waals surface area contributed by atoms with Crippen molar-refractivity contribution < 1.29 is 19.1 Å². The second-order valence-electron chi connectivity index (χ2n) is 5.67. The Kier molecular flexibility index (Phi) is 4.53. The number of carbonyl (C=O) groups excluding carboxylic acids is 3. The number of fused-ring (bicyclic) bond motifs is 1. The van der Waals surface area contributed by atoms with Crippen LogP contribution in [0.5, 0.6) is 5.75 Å². The maximum absolute atomic E-state index is 12.9. The van der Waals surface area contributed by atoms with E-state index in [0.717, 1.165) is 6.42 Å². The first-order valence-electron chi connectivity index (χ1n) is 7.62. The van der Waals surface area contributed by atoms with Gasteiger partial charge in [0.2, 0.25) is 0 Å². The van der Waals surface area contributed by atoms with Gasteiger partial charge >= 0.3 is 0 Å². The molecule has 0 bridgehead atoms. The number of aldehydes is 2. The van der Waals surface area contributed by atoms with Gasteiger partial charge in [-0.3, -0.25) is 14.4 Å². The monoisotopic (exact) mass is 345 g/mol. The molecule has 0 fully saturated rings. The highest BCUT2D eigenvalue weighted by molar-refractivity contribution is 6.35. The van der Waals surface area contributed by atoms with Gasteiger partial charge in [-0.25, -0.2) is 0 Å². The molecule has 0 radical (unpaired) electrons. The molecule has 0 saturated heterocycles. The van der Waals surface area contributed by atoms with Gasteiger partial charge in [0.15, 0.2) is 18.4 Å². The number of methoxy groups -OCH3 is 1. The smallest absolute Gasteiger partial charge is 0.171 e. The number of benzene rings is 1. The molecule has 1 aromatic heterocycles. The standard InChI is InChI=1S/C18H16ClNO4/c1-24-12-6-4-11(5-7-12)18(23)13-3-2-8-20-15(10-22)16(19)14(9-21)17(13)20/h4-7,9-10,13H,2-3,8H2,1H3. The summed E-state index contributed by atoms with van der Waals surface area (Å²) in [6.45, 7) is 0.573. The van der Waals surface area contributed by atoms with Gasteiger partial charge in [-0.2, -0.15) is 0 Å². The van der Waals surface area contributed by atoms with E-state index in [0.29, 0.717) is 42.5 Å². The van der Waals surface area contributed by atoms with E-state index in [9.17, 15) is 14.4 Å². The average Bonchev–Trinajstić information content (AvgIpc) is 2.91. The number of aromatic nitrogens is 1. The molecule has 2 aromatic rings. The molecule has 3 rings (SSSR count). The predicted octanol–water partition coefficient (Wildman–Crippen LogP) is 3.54. The normalized spacial score (nSPS) is 16.3. The summed E-state index contributed by atoms with van der Waals surface area (Å²) in [5.41, 5.74) is 1.59. The van der Waals surface area contributed by atoms with E-state index >= 15 is 0 Å². The molecule has 1 atom stereocenters. The molecule has 0 amide bonds. The third-order valence-corrected chi connectivity index (χ3v) is 4.84. The van der Waals surface area contributed by atoms with Gasteiger partial charge in [0.05, 0.1) is 23.6 Å². The molecule has 0 saturated carbocycles. The van der Waals surface area contributed by atoms with E-state index in [4.69, 9.17) is 16.3 Å². The van der Waals surface area contributed by atoms with Crippen LogP contribution in [0, 0.1) is 0 Å². The lowest BCUT2D eigenvalue weighted by atomic mass is 9.86. The Hall–Kier alpha value is -2.40. The van der Waals surface area contributed by atoms with Gasteiger partial charge in [-0.1, -0.05) is 11.6 Å². The van der Waals surface area contributed by atoms with Crippen molar-refractivity contribution in [1.29, 1.82) is 0 Å². The van der Waals surface area contributed by atoms with Gasteiger partial charge < -0.3 is 9.30 Å². The Labute approximate surface area is 144 Å². The van der Waals surface area contributed by atoms with E-state index in [1.807, 2.05) is 0 Å². The van der Waals surface area contributed by atoms with Gasteiger partial charge in [0.25, 0.3) is 0 Å². The van der Waals surface area contributed by atoms with Gasteiger partial charge in [-0.15, -0.1) is 0 Å². The summed E-state index contributed by atoms with van der Waals surface area (Å²) in [6.07, 6.45) is 2.62. The van der Waals surface area contributed by atoms with Crippen LogP contribution in [0.3, 0.4) is 0 Å². The molecule has 1 aliphatic rings. The summed E-state index contributed by atoms with van der Waals surface area (Å²) in [4.78, 5) is 35.7. The summed E-state index contributed by atoms with van der Waals surface area (Å²) in [5.74, 6) is 0.0882. The van der Waals surface area contributed by atoms with Crippen molar-refractivity contribution in [3.8, 4) is 5.75 Å².